The fraction of sp³-hybridized carbons (Fsp3) is 0.765. The number of fused-ring (bicyclic) bond motifs is 1. The van der Waals surface area contributed by atoms with Crippen LogP contribution in [0.5, 0.6) is 0 Å². The number of carbonyl (C=O) groups is 1. The summed E-state index contributed by atoms with van der Waals surface area (Å²) in [4.78, 5) is 16.9. The third kappa shape index (κ3) is 3.37. The van der Waals surface area contributed by atoms with E-state index in [-0.39, 0.29) is 6.03 Å². The summed E-state index contributed by atoms with van der Waals surface area (Å²) in [5.41, 5.74) is 1.98. The standard InChI is InChI=1S/C17H29N5O/c1-5-16-15(6-18-22(16)7-12(2)3)19-17(23)21-10-13-8-20(4)9-14(13)11-21/h6,12-14H,5,7-11H2,1-4H3,(H,19,23)/t13-,14+. The normalized spacial score (nSPS) is 24.5. The van der Waals surface area contributed by atoms with Gasteiger partial charge in [0.25, 0.3) is 0 Å². The molecule has 23 heavy (non-hydrogen) atoms. The fourth-order valence-corrected chi connectivity index (χ4v) is 3.98. The van der Waals surface area contributed by atoms with Gasteiger partial charge >= 0.3 is 6.03 Å². The van der Waals surface area contributed by atoms with E-state index in [0.29, 0.717) is 17.8 Å². The van der Waals surface area contributed by atoms with E-state index in [1.54, 1.807) is 6.20 Å². The quantitative estimate of drug-likeness (QED) is 0.925. The lowest BCUT2D eigenvalue weighted by molar-refractivity contribution is 0.215. The molecular formula is C17H29N5O. The number of anilines is 1. The van der Waals surface area contributed by atoms with Gasteiger partial charge in [-0.25, -0.2) is 4.79 Å². The van der Waals surface area contributed by atoms with Gasteiger partial charge in [-0.3, -0.25) is 4.68 Å². The molecular weight excluding hydrogens is 290 g/mol. The third-order valence-corrected chi connectivity index (χ3v) is 5.02. The van der Waals surface area contributed by atoms with Gasteiger partial charge < -0.3 is 15.1 Å². The molecule has 1 aromatic heterocycles. The van der Waals surface area contributed by atoms with Crippen LogP contribution >= 0.6 is 0 Å². The number of nitrogens with one attached hydrogen (secondary N) is 1. The summed E-state index contributed by atoms with van der Waals surface area (Å²) in [6, 6.07) is 0.0286. The number of likely N-dealkylation sites (tertiary alicyclic amines) is 2. The first-order valence-electron chi connectivity index (χ1n) is 8.77. The van der Waals surface area contributed by atoms with E-state index < -0.39 is 0 Å². The minimum atomic E-state index is 0.0286. The van der Waals surface area contributed by atoms with Gasteiger partial charge in [-0.05, 0) is 31.2 Å². The third-order valence-electron chi connectivity index (χ3n) is 5.02. The number of nitrogens with zero attached hydrogens (tertiary/aromatic N) is 4. The van der Waals surface area contributed by atoms with Crippen LogP contribution < -0.4 is 5.32 Å². The van der Waals surface area contributed by atoms with Crippen LogP contribution in [0, 0.1) is 17.8 Å². The van der Waals surface area contributed by atoms with Gasteiger partial charge in [0.1, 0.15) is 0 Å². The van der Waals surface area contributed by atoms with Crippen LogP contribution in [0.25, 0.3) is 0 Å². The molecule has 6 heteroatoms. The van der Waals surface area contributed by atoms with Crippen molar-refractivity contribution in [1.82, 2.24) is 19.6 Å². The smallest absolute Gasteiger partial charge is 0.321 e. The second kappa shape index (κ2) is 6.51. The van der Waals surface area contributed by atoms with Crippen molar-refractivity contribution in [3.8, 4) is 0 Å². The molecule has 0 radical (unpaired) electrons. The van der Waals surface area contributed by atoms with E-state index in [2.05, 4.69) is 43.1 Å². The molecule has 0 bridgehead atoms. The van der Waals surface area contributed by atoms with Crippen molar-refractivity contribution in [3.05, 3.63) is 11.9 Å². The Morgan fingerprint density at radius 3 is 2.52 bits per heavy atom. The largest absolute Gasteiger partial charge is 0.324 e. The van der Waals surface area contributed by atoms with Crippen molar-refractivity contribution in [2.75, 3.05) is 38.5 Å². The van der Waals surface area contributed by atoms with Crippen molar-refractivity contribution < 1.29 is 4.79 Å². The Morgan fingerprint density at radius 2 is 1.96 bits per heavy atom. The first-order chi connectivity index (χ1) is 11.0. The summed E-state index contributed by atoms with van der Waals surface area (Å²) in [5.74, 6) is 1.82. The zero-order chi connectivity index (χ0) is 16.6. The first-order valence-corrected chi connectivity index (χ1v) is 8.77. The highest BCUT2D eigenvalue weighted by atomic mass is 16.2. The van der Waals surface area contributed by atoms with Gasteiger partial charge in [-0.1, -0.05) is 20.8 Å². The number of carbonyl (C=O) groups excluding carboxylic acids is 1. The van der Waals surface area contributed by atoms with Gasteiger partial charge in [-0.15, -0.1) is 0 Å². The molecule has 3 rings (SSSR count). The van der Waals surface area contributed by atoms with E-state index in [4.69, 9.17) is 0 Å². The van der Waals surface area contributed by atoms with E-state index in [1.807, 2.05) is 9.58 Å². The number of hydrogen-bond donors (Lipinski definition) is 1. The monoisotopic (exact) mass is 319 g/mol. The summed E-state index contributed by atoms with van der Waals surface area (Å²) >= 11 is 0. The minimum Gasteiger partial charge on any atom is -0.324 e. The Labute approximate surface area is 138 Å². The number of amides is 2. The second-order valence-corrected chi connectivity index (χ2v) is 7.51. The molecule has 2 atom stereocenters. The first kappa shape index (κ1) is 16.3. The molecule has 2 aliphatic rings. The molecule has 128 valence electrons. The molecule has 0 spiro atoms. The van der Waals surface area contributed by atoms with Crippen molar-refractivity contribution in [2.45, 2.75) is 33.7 Å². The van der Waals surface area contributed by atoms with Crippen LogP contribution in [-0.2, 0) is 13.0 Å². The second-order valence-electron chi connectivity index (χ2n) is 7.51. The molecule has 0 aromatic carbocycles. The summed E-state index contributed by atoms with van der Waals surface area (Å²) in [6.45, 7) is 11.3. The van der Waals surface area contributed by atoms with Crippen LogP contribution in [-0.4, -0.2) is 58.8 Å². The zero-order valence-electron chi connectivity index (χ0n) is 14.7. The van der Waals surface area contributed by atoms with E-state index in [0.717, 1.165) is 50.5 Å². The van der Waals surface area contributed by atoms with E-state index >= 15 is 0 Å². The van der Waals surface area contributed by atoms with Gasteiger partial charge in [-0.2, -0.15) is 5.10 Å². The number of hydrogen-bond acceptors (Lipinski definition) is 3. The molecule has 0 saturated carbocycles. The summed E-state index contributed by atoms with van der Waals surface area (Å²) in [7, 11) is 2.17. The maximum atomic E-state index is 12.6. The van der Waals surface area contributed by atoms with Crippen LogP contribution in [0.3, 0.4) is 0 Å². The van der Waals surface area contributed by atoms with Crippen LogP contribution in [0.2, 0.25) is 0 Å². The Kier molecular flexibility index (Phi) is 4.62. The van der Waals surface area contributed by atoms with Crippen molar-refractivity contribution in [3.63, 3.8) is 0 Å². The lowest BCUT2D eigenvalue weighted by Gasteiger charge is -2.20. The molecule has 2 saturated heterocycles. The zero-order valence-corrected chi connectivity index (χ0v) is 14.7. The highest BCUT2D eigenvalue weighted by molar-refractivity contribution is 5.90. The Hall–Kier alpha value is -1.56. The van der Waals surface area contributed by atoms with Crippen LogP contribution in [0.1, 0.15) is 26.5 Å². The topological polar surface area (TPSA) is 53.4 Å². The molecule has 1 N–H and O–H groups in total. The highest BCUT2D eigenvalue weighted by Crippen LogP contribution is 2.30. The van der Waals surface area contributed by atoms with Crippen molar-refractivity contribution >= 4 is 11.7 Å². The molecule has 1 aromatic rings. The molecule has 2 amide bonds. The molecule has 3 heterocycles. The lowest BCUT2D eigenvalue weighted by Crippen LogP contribution is -2.35. The Balaban J connectivity index is 1.63. The maximum Gasteiger partial charge on any atom is 0.321 e. The number of rotatable bonds is 4. The molecule has 0 aliphatic carbocycles. The van der Waals surface area contributed by atoms with Gasteiger partial charge in [0.05, 0.1) is 17.6 Å². The molecule has 0 unspecified atom stereocenters. The predicted octanol–water partition coefficient (Wildman–Crippen LogP) is 2.13. The minimum absolute atomic E-state index is 0.0286. The average molecular weight is 319 g/mol. The summed E-state index contributed by atoms with van der Waals surface area (Å²) < 4.78 is 2.02. The molecule has 6 nitrogen and oxygen atoms in total. The van der Waals surface area contributed by atoms with Crippen LogP contribution in [0.4, 0.5) is 10.5 Å². The number of urea groups is 1. The highest BCUT2D eigenvalue weighted by Gasteiger charge is 2.40. The summed E-state index contributed by atoms with van der Waals surface area (Å²) in [5, 5.41) is 7.54. The van der Waals surface area contributed by atoms with Gasteiger partial charge in [0.15, 0.2) is 0 Å². The predicted molar refractivity (Wildman–Crippen MR) is 91.5 cm³/mol. The molecule has 2 fully saturated rings. The van der Waals surface area contributed by atoms with Gasteiger partial charge in [0, 0.05) is 32.7 Å². The summed E-state index contributed by atoms with van der Waals surface area (Å²) in [6.07, 6.45) is 2.67. The fourth-order valence-electron chi connectivity index (χ4n) is 3.98. The van der Waals surface area contributed by atoms with Crippen molar-refractivity contribution in [2.24, 2.45) is 17.8 Å². The van der Waals surface area contributed by atoms with Gasteiger partial charge in [0.2, 0.25) is 0 Å². The van der Waals surface area contributed by atoms with Crippen LogP contribution in [0.15, 0.2) is 6.20 Å². The lowest BCUT2D eigenvalue weighted by atomic mass is 10.0. The Morgan fingerprint density at radius 1 is 1.30 bits per heavy atom. The average Bonchev–Trinajstić information content (AvgIpc) is 3.11. The molecule has 2 aliphatic heterocycles. The van der Waals surface area contributed by atoms with E-state index in [9.17, 15) is 4.79 Å². The van der Waals surface area contributed by atoms with Crippen molar-refractivity contribution in [1.29, 1.82) is 0 Å². The number of aromatic nitrogens is 2. The van der Waals surface area contributed by atoms with E-state index in [1.165, 1.54) is 0 Å². The maximum absolute atomic E-state index is 12.6. The Bertz CT molecular complexity index is 553. The SMILES string of the molecule is CCc1c(NC(=O)N2C[C@H]3CN(C)C[C@H]3C2)cnn1CC(C)C.